The molecule has 0 rings (SSSR count). The third kappa shape index (κ3) is 3.83. The van der Waals surface area contributed by atoms with Crippen molar-refractivity contribution < 1.29 is 0 Å². The van der Waals surface area contributed by atoms with Gasteiger partial charge in [-0.15, -0.1) is 0 Å². The maximum atomic E-state index is 5.17. The van der Waals surface area contributed by atoms with Gasteiger partial charge in [0.25, 0.3) is 0 Å². The Kier molecular flexibility index (Phi) is 2.95. The summed E-state index contributed by atoms with van der Waals surface area (Å²) in [6.45, 7) is 0. The summed E-state index contributed by atoms with van der Waals surface area (Å²) in [7, 11) is 3.83. The fraction of sp³-hybridized carbons (Fsp3) is 0.500. The van der Waals surface area contributed by atoms with Crippen molar-refractivity contribution in [3.8, 4) is 0 Å². The average Bonchev–Trinajstić information content (AvgIpc) is 1.35. The van der Waals surface area contributed by atoms with Crippen LogP contribution < -0.4 is 0 Å². The molecule has 0 unspecified atom stereocenters. The van der Waals surface area contributed by atoms with Crippen molar-refractivity contribution in [1.82, 2.24) is 4.90 Å². The van der Waals surface area contributed by atoms with Crippen LogP contribution in [-0.2, 0) is 0 Å². The van der Waals surface area contributed by atoms with Crippen LogP contribution in [0.5, 0.6) is 0 Å². The summed E-state index contributed by atoms with van der Waals surface area (Å²) < 4.78 is 0. The third-order valence-corrected chi connectivity index (χ3v) is 0.467. The Morgan fingerprint density at radius 1 is 1.50 bits per heavy atom. The SMILES string of the molecule is CN(C)/C=C/Cl. The van der Waals surface area contributed by atoms with E-state index in [1.54, 1.807) is 6.20 Å². The molecule has 0 aliphatic carbocycles. The Morgan fingerprint density at radius 2 is 2.00 bits per heavy atom. The second kappa shape index (κ2) is 3.04. The smallest absolute Gasteiger partial charge is 0.0201 e. The lowest BCUT2D eigenvalue weighted by Crippen LogP contribution is -1.98. The van der Waals surface area contributed by atoms with Gasteiger partial charge in [-0.2, -0.15) is 0 Å². The Morgan fingerprint density at radius 3 is 2.00 bits per heavy atom. The molecule has 0 fully saturated rings. The molecule has 0 amide bonds. The summed E-state index contributed by atoms with van der Waals surface area (Å²) in [5.41, 5.74) is 1.47. The van der Waals surface area contributed by atoms with E-state index in [1.165, 1.54) is 5.54 Å². The van der Waals surface area contributed by atoms with E-state index in [-0.39, 0.29) is 0 Å². The molecule has 0 aromatic heterocycles. The van der Waals surface area contributed by atoms with Crippen molar-refractivity contribution in [3.05, 3.63) is 11.7 Å². The lowest BCUT2D eigenvalue weighted by molar-refractivity contribution is 0.565. The summed E-state index contributed by atoms with van der Waals surface area (Å²) in [4.78, 5) is 1.87. The van der Waals surface area contributed by atoms with Crippen molar-refractivity contribution in [1.29, 1.82) is 0 Å². The molecule has 0 heterocycles. The van der Waals surface area contributed by atoms with Gasteiger partial charge < -0.3 is 4.90 Å². The van der Waals surface area contributed by atoms with Gasteiger partial charge in [-0.25, -0.2) is 0 Å². The van der Waals surface area contributed by atoms with Crippen molar-refractivity contribution >= 4 is 11.6 Å². The molecule has 0 aromatic rings. The maximum Gasteiger partial charge on any atom is 0.0201 e. The highest BCUT2D eigenvalue weighted by atomic mass is 35.5. The predicted molar refractivity (Wildman–Crippen MR) is 28.7 cm³/mol. The number of nitrogens with zero attached hydrogens (tertiary/aromatic N) is 1. The molecule has 2 heteroatoms. The number of halogens is 1. The zero-order chi connectivity index (χ0) is 4.99. The zero-order valence-corrected chi connectivity index (χ0v) is 4.74. The monoisotopic (exact) mass is 105 g/mol. The molecule has 0 aliphatic heterocycles. The Bertz CT molecular complexity index is 49.5. The van der Waals surface area contributed by atoms with Crippen LogP contribution in [0.4, 0.5) is 0 Å². The van der Waals surface area contributed by atoms with Crippen LogP contribution in [0, 0.1) is 0 Å². The van der Waals surface area contributed by atoms with Crippen LogP contribution in [0.15, 0.2) is 11.7 Å². The minimum absolute atomic E-state index is 1.47. The first-order valence-corrected chi connectivity index (χ1v) is 2.14. The molecule has 0 atom stereocenters. The topological polar surface area (TPSA) is 3.24 Å². The fourth-order valence-electron chi connectivity index (χ4n) is 0.113. The van der Waals surface area contributed by atoms with E-state index in [0.29, 0.717) is 0 Å². The third-order valence-electron chi connectivity index (χ3n) is 0.354. The van der Waals surface area contributed by atoms with E-state index in [0.717, 1.165) is 0 Å². The van der Waals surface area contributed by atoms with Gasteiger partial charge in [0, 0.05) is 25.8 Å². The molecule has 6 heavy (non-hydrogen) atoms. The average molecular weight is 106 g/mol. The zero-order valence-electron chi connectivity index (χ0n) is 3.98. The molecule has 0 aromatic carbocycles. The second-order valence-corrected chi connectivity index (χ2v) is 1.49. The highest BCUT2D eigenvalue weighted by Gasteiger charge is 1.67. The number of hydrogen-bond donors (Lipinski definition) is 0. The van der Waals surface area contributed by atoms with Crippen LogP contribution in [-0.4, -0.2) is 19.0 Å². The first-order chi connectivity index (χ1) is 2.77. The molecule has 0 radical (unpaired) electrons. The van der Waals surface area contributed by atoms with Gasteiger partial charge in [0.2, 0.25) is 0 Å². The Labute approximate surface area is 43.2 Å². The van der Waals surface area contributed by atoms with E-state index in [9.17, 15) is 0 Å². The maximum absolute atomic E-state index is 5.17. The minimum Gasteiger partial charge on any atom is -0.383 e. The van der Waals surface area contributed by atoms with Crippen molar-refractivity contribution in [2.24, 2.45) is 0 Å². The van der Waals surface area contributed by atoms with E-state index in [4.69, 9.17) is 11.6 Å². The van der Waals surface area contributed by atoms with Gasteiger partial charge in [0.05, 0.1) is 0 Å². The van der Waals surface area contributed by atoms with Crippen LogP contribution >= 0.6 is 11.6 Å². The highest BCUT2D eigenvalue weighted by Crippen LogP contribution is 1.78. The van der Waals surface area contributed by atoms with Crippen molar-refractivity contribution in [3.63, 3.8) is 0 Å². The molecule has 1 nitrogen and oxygen atoms in total. The van der Waals surface area contributed by atoms with E-state index >= 15 is 0 Å². The van der Waals surface area contributed by atoms with Crippen molar-refractivity contribution in [2.75, 3.05) is 14.1 Å². The van der Waals surface area contributed by atoms with Crippen LogP contribution in [0.25, 0.3) is 0 Å². The highest BCUT2D eigenvalue weighted by molar-refractivity contribution is 6.25. The van der Waals surface area contributed by atoms with Gasteiger partial charge in [-0.3, -0.25) is 0 Å². The lowest BCUT2D eigenvalue weighted by atomic mass is 10.9. The number of hydrogen-bond acceptors (Lipinski definition) is 1. The standard InChI is InChI=1S/C4H8ClN/c1-6(2)4-3-5/h3-4H,1-2H3/b4-3+. The molecular weight excluding hydrogens is 97.5 g/mol. The molecule has 0 bridgehead atoms. The van der Waals surface area contributed by atoms with Gasteiger partial charge in [-0.05, 0) is 0 Å². The Hall–Kier alpha value is -0.170. The van der Waals surface area contributed by atoms with E-state index < -0.39 is 0 Å². The molecular formula is C4H8ClN. The molecule has 0 saturated carbocycles. The summed E-state index contributed by atoms with van der Waals surface area (Å²) in [5.74, 6) is 0. The summed E-state index contributed by atoms with van der Waals surface area (Å²) >= 11 is 5.17. The molecule has 36 valence electrons. The predicted octanol–water partition coefficient (Wildman–Crippen LogP) is 1.26. The van der Waals surface area contributed by atoms with Crippen LogP contribution in [0.1, 0.15) is 0 Å². The Balaban J connectivity index is 3.03. The van der Waals surface area contributed by atoms with E-state index in [1.807, 2.05) is 19.0 Å². The summed E-state index contributed by atoms with van der Waals surface area (Å²) in [6, 6.07) is 0. The molecule has 0 spiro atoms. The van der Waals surface area contributed by atoms with Crippen LogP contribution in [0.3, 0.4) is 0 Å². The first-order valence-electron chi connectivity index (χ1n) is 1.70. The quantitative estimate of drug-likeness (QED) is 0.485. The van der Waals surface area contributed by atoms with Crippen LogP contribution in [0.2, 0.25) is 0 Å². The largest absolute Gasteiger partial charge is 0.383 e. The van der Waals surface area contributed by atoms with Gasteiger partial charge in [-0.1, -0.05) is 11.6 Å². The molecule has 0 N–H and O–H groups in total. The van der Waals surface area contributed by atoms with Gasteiger partial charge >= 0.3 is 0 Å². The summed E-state index contributed by atoms with van der Waals surface area (Å²) in [6.07, 6.45) is 1.77. The van der Waals surface area contributed by atoms with Gasteiger partial charge in [0.1, 0.15) is 0 Å². The second-order valence-electron chi connectivity index (χ2n) is 1.24. The minimum atomic E-state index is 1.47. The summed E-state index contributed by atoms with van der Waals surface area (Å²) in [5, 5.41) is 0. The molecule has 0 aliphatic rings. The first kappa shape index (κ1) is 5.83. The fourth-order valence-corrected chi connectivity index (χ4v) is 0.338. The number of rotatable bonds is 1. The van der Waals surface area contributed by atoms with Gasteiger partial charge in [0.15, 0.2) is 0 Å². The lowest BCUT2D eigenvalue weighted by Gasteiger charge is -1.99. The van der Waals surface area contributed by atoms with E-state index in [2.05, 4.69) is 0 Å². The van der Waals surface area contributed by atoms with Crippen molar-refractivity contribution in [2.45, 2.75) is 0 Å². The normalized spacial score (nSPS) is 9.83. The molecule has 0 saturated heterocycles.